The first kappa shape index (κ1) is 11.8. The third-order valence-corrected chi connectivity index (χ3v) is 3.29. The number of pyridine rings is 1. The van der Waals surface area contributed by atoms with Crippen LogP contribution in [0.3, 0.4) is 0 Å². The summed E-state index contributed by atoms with van der Waals surface area (Å²) >= 11 is 0. The molecule has 0 atom stereocenters. The van der Waals surface area contributed by atoms with E-state index < -0.39 is 0 Å². The summed E-state index contributed by atoms with van der Waals surface area (Å²) < 4.78 is 5.20. The van der Waals surface area contributed by atoms with Crippen LogP contribution >= 0.6 is 0 Å². The Morgan fingerprint density at radius 2 is 2.18 bits per heavy atom. The summed E-state index contributed by atoms with van der Waals surface area (Å²) in [6.45, 7) is 4.07. The Labute approximate surface area is 102 Å². The quantitative estimate of drug-likeness (QED) is 0.725. The SMILES string of the molecule is COc1cnc(C)c(N2CCB(C#N)CC2)c1. The molecule has 0 aliphatic carbocycles. The Bertz CT molecular complexity index is 436. The number of methoxy groups -OCH3 is 1. The zero-order valence-electron chi connectivity index (χ0n) is 10.3. The van der Waals surface area contributed by atoms with E-state index in [2.05, 4.69) is 15.9 Å². The number of nitrogens with zero attached hydrogens (tertiary/aromatic N) is 3. The van der Waals surface area contributed by atoms with Gasteiger partial charge in [0.05, 0.1) is 24.7 Å². The summed E-state index contributed by atoms with van der Waals surface area (Å²) in [5.41, 5.74) is 2.14. The van der Waals surface area contributed by atoms with E-state index in [0.717, 1.165) is 42.9 Å². The topological polar surface area (TPSA) is 49.1 Å². The van der Waals surface area contributed by atoms with Crippen LogP contribution < -0.4 is 9.64 Å². The Morgan fingerprint density at radius 3 is 2.76 bits per heavy atom. The van der Waals surface area contributed by atoms with Crippen LogP contribution in [0.1, 0.15) is 5.69 Å². The molecule has 0 radical (unpaired) electrons. The number of rotatable bonds is 2. The highest BCUT2D eigenvalue weighted by atomic mass is 16.5. The number of ether oxygens (including phenoxy) is 1. The molecule has 1 aliphatic heterocycles. The molecule has 0 unspecified atom stereocenters. The lowest BCUT2D eigenvalue weighted by Crippen LogP contribution is -2.37. The van der Waals surface area contributed by atoms with Gasteiger partial charge >= 0.3 is 0 Å². The summed E-state index contributed by atoms with van der Waals surface area (Å²) in [7, 11) is 1.65. The summed E-state index contributed by atoms with van der Waals surface area (Å²) in [6.07, 6.45) is 3.61. The van der Waals surface area contributed by atoms with Gasteiger partial charge in [-0.2, -0.15) is 0 Å². The first-order chi connectivity index (χ1) is 8.24. The molecule has 2 rings (SSSR count). The number of aryl methyl sites for hydroxylation is 1. The maximum atomic E-state index is 8.88. The van der Waals surface area contributed by atoms with Gasteiger partial charge in [0.15, 0.2) is 0 Å². The van der Waals surface area contributed by atoms with Crippen molar-refractivity contribution in [3.8, 4) is 11.7 Å². The number of hydrogen-bond donors (Lipinski definition) is 0. The van der Waals surface area contributed by atoms with Crippen LogP contribution in [-0.2, 0) is 0 Å². The minimum atomic E-state index is 0.213. The zero-order chi connectivity index (χ0) is 12.3. The normalized spacial score (nSPS) is 15.6. The highest BCUT2D eigenvalue weighted by Crippen LogP contribution is 2.26. The van der Waals surface area contributed by atoms with Gasteiger partial charge in [-0.15, -0.1) is 0 Å². The summed E-state index contributed by atoms with van der Waals surface area (Å²) in [4.78, 5) is 6.62. The van der Waals surface area contributed by atoms with E-state index in [1.54, 1.807) is 13.3 Å². The van der Waals surface area contributed by atoms with Crippen LogP contribution in [0.2, 0.25) is 12.6 Å². The fraction of sp³-hybridized carbons (Fsp3) is 0.500. The molecular weight excluding hydrogens is 213 g/mol. The van der Waals surface area contributed by atoms with Gasteiger partial charge in [-0.3, -0.25) is 4.98 Å². The molecule has 1 aromatic rings. The molecule has 17 heavy (non-hydrogen) atoms. The standard InChI is InChI=1S/C12H16BN3O/c1-10-12(7-11(17-2)8-15-10)16-5-3-13(9-14)4-6-16/h7-8H,3-6H2,1-2H3. The fourth-order valence-corrected chi connectivity index (χ4v) is 2.18. The van der Waals surface area contributed by atoms with Gasteiger partial charge in [-0.05, 0) is 19.6 Å². The fourth-order valence-electron chi connectivity index (χ4n) is 2.18. The van der Waals surface area contributed by atoms with E-state index in [1.807, 2.05) is 13.0 Å². The average molecular weight is 229 g/mol. The second kappa shape index (κ2) is 5.09. The van der Waals surface area contributed by atoms with E-state index >= 15 is 0 Å². The van der Waals surface area contributed by atoms with Crippen molar-refractivity contribution in [2.75, 3.05) is 25.1 Å². The summed E-state index contributed by atoms with van der Waals surface area (Å²) in [5, 5.41) is 8.88. The molecule has 0 saturated carbocycles. The van der Waals surface area contributed by atoms with Crippen molar-refractivity contribution in [2.24, 2.45) is 0 Å². The van der Waals surface area contributed by atoms with Gasteiger partial charge in [0, 0.05) is 25.1 Å². The molecule has 0 N–H and O–H groups in total. The van der Waals surface area contributed by atoms with Gasteiger partial charge in [-0.1, -0.05) is 0 Å². The predicted molar refractivity (Wildman–Crippen MR) is 68.7 cm³/mol. The van der Waals surface area contributed by atoms with Crippen molar-refractivity contribution in [2.45, 2.75) is 19.6 Å². The van der Waals surface area contributed by atoms with Crippen LogP contribution in [0.25, 0.3) is 0 Å². The molecule has 1 fully saturated rings. The third kappa shape index (κ3) is 2.52. The molecular formula is C12H16BN3O. The van der Waals surface area contributed by atoms with Crippen LogP contribution in [-0.4, -0.2) is 31.9 Å². The molecule has 4 nitrogen and oxygen atoms in total. The lowest BCUT2D eigenvalue weighted by Gasteiger charge is -2.30. The minimum Gasteiger partial charge on any atom is -0.495 e. The Kier molecular flexibility index (Phi) is 3.53. The monoisotopic (exact) mass is 229 g/mol. The first-order valence-corrected chi connectivity index (χ1v) is 5.90. The van der Waals surface area contributed by atoms with Gasteiger partial charge in [0.1, 0.15) is 5.75 Å². The molecule has 2 heterocycles. The maximum Gasteiger partial charge on any atom is 0.271 e. The van der Waals surface area contributed by atoms with Crippen LogP contribution in [0.15, 0.2) is 12.3 Å². The van der Waals surface area contributed by atoms with Crippen LogP contribution in [0.4, 0.5) is 5.69 Å². The molecule has 0 amide bonds. The molecule has 0 bridgehead atoms. The Balaban J connectivity index is 2.15. The largest absolute Gasteiger partial charge is 0.495 e. The lowest BCUT2D eigenvalue weighted by atomic mass is 9.45. The number of hydrogen-bond acceptors (Lipinski definition) is 4. The minimum absolute atomic E-state index is 0.213. The highest BCUT2D eigenvalue weighted by molar-refractivity contribution is 6.67. The molecule has 88 valence electrons. The van der Waals surface area contributed by atoms with E-state index in [1.165, 1.54) is 0 Å². The average Bonchev–Trinajstić information content (AvgIpc) is 2.39. The maximum absolute atomic E-state index is 8.88. The highest BCUT2D eigenvalue weighted by Gasteiger charge is 2.23. The smallest absolute Gasteiger partial charge is 0.271 e. The number of nitriles is 1. The molecule has 0 spiro atoms. The van der Waals surface area contributed by atoms with Gasteiger partial charge < -0.3 is 9.64 Å². The van der Waals surface area contributed by atoms with Gasteiger partial charge in [-0.25, -0.2) is 5.26 Å². The second-order valence-corrected chi connectivity index (χ2v) is 4.37. The molecule has 1 saturated heterocycles. The van der Waals surface area contributed by atoms with Crippen molar-refractivity contribution in [3.63, 3.8) is 0 Å². The molecule has 1 aromatic heterocycles. The van der Waals surface area contributed by atoms with Crippen molar-refractivity contribution in [1.82, 2.24) is 4.98 Å². The van der Waals surface area contributed by atoms with Crippen molar-refractivity contribution < 1.29 is 4.74 Å². The second-order valence-electron chi connectivity index (χ2n) is 4.37. The third-order valence-electron chi connectivity index (χ3n) is 3.29. The zero-order valence-corrected chi connectivity index (χ0v) is 10.3. The van der Waals surface area contributed by atoms with E-state index in [0.29, 0.717) is 0 Å². The molecule has 5 heteroatoms. The predicted octanol–water partition coefficient (Wildman–Crippen LogP) is 1.78. The van der Waals surface area contributed by atoms with E-state index in [-0.39, 0.29) is 6.71 Å². The Hall–Kier alpha value is -1.70. The number of anilines is 1. The van der Waals surface area contributed by atoms with Crippen molar-refractivity contribution in [3.05, 3.63) is 18.0 Å². The van der Waals surface area contributed by atoms with Gasteiger partial charge in [0.2, 0.25) is 0 Å². The van der Waals surface area contributed by atoms with Crippen molar-refractivity contribution >= 4 is 12.4 Å². The number of aromatic nitrogens is 1. The van der Waals surface area contributed by atoms with Gasteiger partial charge in [0.25, 0.3) is 6.71 Å². The lowest BCUT2D eigenvalue weighted by molar-refractivity contribution is 0.412. The van der Waals surface area contributed by atoms with Crippen LogP contribution in [0.5, 0.6) is 5.75 Å². The summed E-state index contributed by atoms with van der Waals surface area (Å²) in [5.74, 6) is 3.13. The first-order valence-electron chi connectivity index (χ1n) is 5.90. The van der Waals surface area contributed by atoms with E-state index in [4.69, 9.17) is 10.00 Å². The van der Waals surface area contributed by atoms with E-state index in [9.17, 15) is 0 Å². The van der Waals surface area contributed by atoms with Crippen molar-refractivity contribution in [1.29, 1.82) is 5.26 Å². The molecule has 1 aliphatic rings. The van der Waals surface area contributed by atoms with Crippen LogP contribution in [0, 0.1) is 18.2 Å². The Morgan fingerprint density at radius 1 is 1.47 bits per heavy atom. The summed E-state index contributed by atoms with van der Waals surface area (Å²) in [6, 6.07) is 2.02. The molecule has 0 aromatic carbocycles.